The summed E-state index contributed by atoms with van der Waals surface area (Å²) in [5.74, 6) is -1.50. The fraction of sp³-hybridized carbons (Fsp3) is 0.389. The van der Waals surface area contributed by atoms with Gasteiger partial charge < -0.3 is 5.32 Å². The second-order valence-electron chi connectivity index (χ2n) is 6.64. The summed E-state index contributed by atoms with van der Waals surface area (Å²) in [6.45, 7) is 3.47. The predicted octanol–water partition coefficient (Wildman–Crippen LogP) is 2.83. The largest absolute Gasteiger partial charge is 0.302 e. The van der Waals surface area contributed by atoms with Crippen molar-refractivity contribution in [2.75, 3.05) is 18.4 Å². The first-order chi connectivity index (χ1) is 13.2. The van der Waals surface area contributed by atoms with Crippen LogP contribution in [0.4, 0.5) is 9.52 Å². The first-order valence-corrected chi connectivity index (χ1v) is 11.0. The summed E-state index contributed by atoms with van der Waals surface area (Å²) in [5.41, 5.74) is 0.553. The van der Waals surface area contributed by atoms with E-state index in [0.29, 0.717) is 35.1 Å². The van der Waals surface area contributed by atoms with Crippen LogP contribution in [0.5, 0.6) is 0 Å². The van der Waals surface area contributed by atoms with Crippen molar-refractivity contribution in [3.05, 3.63) is 40.7 Å². The number of Topliss-reactive ketones (excluding diaryl/α,β-unsaturated/α-hetero) is 1. The van der Waals surface area contributed by atoms with E-state index >= 15 is 0 Å². The van der Waals surface area contributed by atoms with E-state index in [4.69, 9.17) is 0 Å². The van der Waals surface area contributed by atoms with Gasteiger partial charge in [0.1, 0.15) is 5.82 Å². The third-order valence-corrected chi connectivity index (χ3v) is 7.61. The standard InChI is InChI=1S/C18H20FN3O4S2/c1-11-16(12(2)23)27-18(20-11)21-17(24)13-4-3-9-22(10-13)28(25,26)15-7-5-14(19)6-8-15/h5-8,13H,3-4,9-10H2,1-2H3,(H,20,21,24). The Morgan fingerprint density at radius 1 is 1.29 bits per heavy atom. The zero-order chi connectivity index (χ0) is 20.5. The van der Waals surface area contributed by atoms with Gasteiger partial charge in [-0.1, -0.05) is 11.3 Å². The monoisotopic (exact) mass is 425 g/mol. The van der Waals surface area contributed by atoms with Crippen LogP contribution in [0.15, 0.2) is 29.2 Å². The maximum Gasteiger partial charge on any atom is 0.243 e. The summed E-state index contributed by atoms with van der Waals surface area (Å²) in [5, 5.41) is 3.02. The molecule has 7 nitrogen and oxygen atoms in total. The number of piperidine rings is 1. The average molecular weight is 426 g/mol. The molecular formula is C18H20FN3O4S2. The van der Waals surface area contributed by atoms with Gasteiger partial charge in [0.05, 0.1) is 21.4 Å². The number of nitrogens with one attached hydrogen (secondary N) is 1. The molecule has 1 aromatic heterocycles. The number of anilines is 1. The van der Waals surface area contributed by atoms with E-state index in [-0.39, 0.29) is 23.1 Å². The molecule has 2 heterocycles. The summed E-state index contributed by atoms with van der Waals surface area (Å²) in [7, 11) is -3.80. The number of hydrogen-bond acceptors (Lipinski definition) is 6. The van der Waals surface area contributed by atoms with Crippen molar-refractivity contribution < 1.29 is 22.4 Å². The Morgan fingerprint density at radius 2 is 1.96 bits per heavy atom. The maximum absolute atomic E-state index is 13.1. The highest BCUT2D eigenvalue weighted by atomic mass is 32.2. The lowest BCUT2D eigenvalue weighted by atomic mass is 9.99. The summed E-state index contributed by atoms with van der Waals surface area (Å²) in [4.78, 5) is 28.8. The van der Waals surface area contributed by atoms with Gasteiger partial charge >= 0.3 is 0 Å². The summed E-state index contributed by atoms with van der Waals surface area (Å²) in [6.07, 6.45) is 1.08. The number of benzene rings is 1. The molecule has 1 fully saturated rings. The minimum atomic E-state index is -3.80. The van der Waals surface area contributed by atoms with Gasteiger partial charge in [-0.2, -0.15) is 4.31 Å². The van der Waals surface area contributed by atoms with Gasteiger partial charge in [-0.15, -0.1) is 0 Å². The van der Waals surface area contributed by atoms with E-state index in [9.17, 15) is 22.4 Å². The molecule has 1 aliphatic rings. The topological polar surface area (TPSA) is 96.4 Å². The van der Waals surface area contributed by atoms with Gasteiger partial charge in [-0.25, -0.2) is 17.8 Å². The molecule has 1 N–H and O–H groups in total. The lowest BCUT2D eigenvalue weighted by Gasteiger charge is -2.31. The summed E-state index contributed by atoms with van der Waals surface area (Å²) >= 11 is 1.10. The molecule has 1 aliphatic heterocycles. The van der Waals surface area contributed by atoms with Crippen LogP contribution in [0.3, 0.4) is 0 Å². The number of thiazole rings is 1. The summed E-state index contributed by atoms with van der Waals surface area (Å²) in [6, 6.07) is 4.63. The van der Waals surface area contributed by atoms with Gasteiger partial charge in [0.15, 0.2) is 10.9 Å². The first-order valence-electron chi connectivity index (χ1n) is 8.73. The average Bonchev–Trinajstić information content (AvgIpc) is 3.02. The second kappa shape index (κ2) is 8.06. The number of aromatic nitrogens is 1. The molecule has 10 heteroatoms. The molecule has 1 atom stereocenters. The number of carbonyl (C=O) groups excluding carboxylic acids is 2. The van der Waals surface area contributed by atoms with Crippen LogP contribution in [-0.2, 0) is 14.8 Å². The van der Waals surface area contributed by atoms with Crippen LogP contribution >= 0.6 is 11.3 Å². The van der Waals surface area contributed by atoms with E-state index < -0.39 is 21.8 Å². The lowest BCUT2D eigenvalue weighted by Crippen LogP contribution is -2.43. The molecule has 1 amide bonds. The number of hydrogen-bond donors (Lipinski definition) is 1. The van der Waals surface area contributed by atoms with Gasteiger partial charge in [0.2, 0.25) is 15.9 Å². The highest BCUT2D eigenvalue weighted by Gasteiger charge is 2.33. The first kappa shape index (κ1) is 20.6. The van der Waals surface area contributed by atoms with E-state index in [1.54, 1.807) is 6.92 Å². The van der Waals surface area contributed by atoms with Crippen LogP contribution < -0.4 is 5.32 Å². The number of carbonyl (C=O) groups is 2. The van der Waals surface area contributed by atoms with E-state index in [1.165, 1.54) is 23.4 Å². The third kappa shape index (κ3) is 4.29. The number of halogens is 1. The normalized spacial score (nSPS) is 18.0. The van der Waals surface area contributed by atoms with Crippen molar-refractivity contribution in [1.29, 1.82) is 0 Å². The number of sulfonamides is 1. The van der Waals surface area contributed by atoms with Crippen LogP contribution in [0.2, 0.25) is 0 Å². The van der Waals surface area contributed by atoms with Crippen molar-refractivity contribution in [2.24, 2.45) is 5.92 Å². The van der Waals surface area contributed by atoms with Gasteiger partial charge in [-0.3, -0.25) is 9.59 Å². The highest BCUT2D eigenvalue weighted by Crippen LogP contribution is 2.27. The Morgan fingerprint density at radius 3 is 2.57 bits per heavy atom. The molecule has 28 heavy (non-hydrogen) atoms. The lowest BCUT2D eigenvalue weighted by molar-refractivity contribution is -0.120. The van der Waals surface area contributed by atoms with Crippen molar-refractivity contribution in [3.63, 3.8) is 0 Å². The number of aryl methyl sites for hydroxylation is 1. The Labute approximate surface area is 166 Å². The zero-order valence-corrected chi connectivity index (χ0v) is 17.1. The molecule has 150 valence electrons. The Bertz CT molecular complexity index is 1000. The number of rotatable bonds is 5. The van der Waals surface area contributed by atoms with Crippen molar-refractivity contribution in [3.8, 4) is 0 Å². The highest BCUT2D eigenvalue weighted by molar-refractivity contribution is 7.89. The smallest absolute Gasteiger partial charge is 0.243 e. The fourth-order valence-corrected chi connectivity index (χ4v) is 5.50. The van der Waals surface area contributed by atoms with Crippen LogP contribution in [0.1, 0.15) is 35.1 Å². The zero-order valence-electron chi connectivity index (χ0n) is 15.4. The minimum absolute atomic E-state index is 0.00314. The maximum atomic E-state index is 13.1. The number of ketones is 1. The summed E-state index contributed by atoms with van der Waals surface area (Å²) < 4.78 is 39.9. The Kier molecular flexibility index (Phi) is 5.92. The van der Waals surface area contributed by atoms with E-state index in [0.717, 1.165) is 23.5 Å². The predicted molar refractivity (Wildman–Crippen MR) is 103 cm³/mol. The molecule has 1 saturated heterocycles. The molecule has 0 radical (unpaired) electrons. The van der Waals surface area contributed by atoms with Crippen molar-refractivity contribution in [1.82, 2.24) is 9.29 Å². The van der Waals surface area contributed by atoms with Gasteiger partial charge in [0.25, 0.3) is 0 Å². The number of nitrogens with zero attached hydrogens (tertiary/aromatic N) is 2. The van der Waals surface area contributed by atoms with Crippen LogP contribution in [-0.4, -0.2) is 42.5 Å². The molecule has 0 aliphatic carbocycles. The van der Waals surface area contributed by atoms with Crippen molar-refractivity contribution in [2.45, 2.75) is 31.6 Å². The second-order valence-corrected chi connectivity index (χ2v) is 9.57. The van der Waals surface area contributed by atoms with Crippen LogP contribution in [0, 0.1) is 18.7 Å². The molecule has 1 aromatic carbocycles. The molecular weight excluding hydrogens is 405 g/mol. The number of amides is 1. The van der Waals surface area contributed by atoms with E-state index in [1.807, 2.05) is 0 Å². The molecule has 0 saturated carbocycles. The minimum Gasteiger partial charge on any atom is -0.302 e. The van der Waals surface area contributed by atoms with Gasteiger partial charge in [0, 0.05) is 20.0 Å². The molecule has 0 bridgehead atoms. The van der Waals surface area contributed by atoms with E-state index in [2.05, 4.69) is 10.3 Å². The Balaban J connectivity index is 1.72. The fourth-order valence-electron chi connectivity index (χ4n) is 3.11. The molecule has 1 unspecified atom stereocenters. The molecule has 2 aromatic rings. The van der Waals surface area contributed by atoms with Gasteiger partial charge in [-0.05, 0) is 44.0 Å². The van der Waals surface area contributed by atoms with Crippen LogP contribution in [0.25, 0.3) is 0 Å². The quantitative estimate of drug-likeness (QED) is 0.743. The SMILES string of the molecule is CC(=O)c1sc(NC(=O)C2CCCN(S(=O)(=O)c3ccc(F)cc3)C2)nc1C. The molecule has 3 rings (SSSR count). The third-order valence-electron chi connectivity index (χ3n) is 4.55. The Hall–Kier alpha value is -2.17. The van der Waals surface area contributed by atoms with Crippen molar-refractivity contribution >= 4 is 38.2 Å². The molecule has 0 spiro atoms.